The number of aromatic nitrogens is 1. The second kappa shape index (κ2) is 11.9. The molecule has 206 valence electrons. The fourth-order valence-electron chi connectivity index (χ4n) is 4.35. The smallest absolute Gasteiger partial charge is 0.478 e. The first kappa shape index (κ1) is 29.4. The van der Waals surface area contributed by atoms with Crippen LogP contribution in [0.25, 0.3) is 17.7 Å². The summed E-state index contributed by atoms with van der Waals surface area (Å²) in [5.74, 6) is -7.46. The van der Waals surface area contributed by atoms with Gasteiger partial charge in [0.15, 0.2) is 0 Å². The summed E-state index contributed by atoms with van der Waals surface area (Å²) in [6.45, 7) is 3.58. The molecular formula is C29H20N4O8Zn. The molecule has 42 heavy (non-hydrogen) atoms. The van der Waals surface area contributed by atoms with E-state index in [1.807, 2.05) is 35.0 Å². The predicted molar refractivity (Wildman–Crippen MR) is 152 cm³/mol. The molecular weight excluding hydrogens is 598 g/mol. The Morgan fingerprint density at radius 1 is 0.786 bits per heavy atom. The van der Waals surface area contributed by atoms with Crippen molar-refractivity contribution in [3.05, 3.63) is 111 Å². The number of aromatic amines is 1. The Morgan fingerprint density at radius 3 is 1.83 bits per heavy atom. The van der Waals surface area contributed by atoms with Crippen LogP contribution in [0.1, 0.15) is 58.4 Å². The van der Waals surface area contributed by atoms with E-state index in [9.17, 15) is 39.6 Å². The van der Waals surface area contributed by atoms with Crippen LogP contribution in [0.5, 0.6) is 0 Å². The molecule has 0 unspecified atom stereocenters. The number of benzene rings is 1. The number of nitrogens with two attached hydrogens (primary N) is 1. The number of hydrogen-bond acceptors (Lipinski definition) is 7. The maximum atomic E-state index is 12.3. The number of carbonyl (C=O) groups is 4. The topological polar surface area (TPSA) is 216 Å². The first-order valence-corrected chi connectivity index (χ1v) is 13.7. The van der Waals surface area contributed by atoms with Gasteiger partial charge in [0.25, 0.3) is 0 Å². The first-order valence-electron chi connectivity index (χ1n) is 12.0. The number of rotatable bonds is 10. The van der Waals surface area contributed by atoms with Gasteiger partial charge in [0, 0.05) is 16.8 Å². The van der Waals surface area contributed by atoms with E-state index >= 15 is 0 Å². The summed E-state index contributed by atoms with van der Waals surface area (Å²) >= 11 is 0.995. The van der Waals surface area contributed by atoms with Gasteiger partial charge in [0.2, 0.25) is 0 Å². The molecule has 0 saturated carbocycles. The number of carboxylic acids is 4. The average molecular weight is 618 g/mol. The van der Waals surface area contributed by atoms with E-state index in [1.165, 1.54) is 6.08 Å². The van der Waals surface area contributed by atoms with Gasteiger partial charge in [-0.2, -0.15) is 0 Å². The molecule has 1 aromatic heterocycles. The molecule has 0 aliphatic carbocycles. The molecule has 12 nitrogen and oxygen atoms in total. The molecule has 0 bridgehead atoms. The van der Waals surface area contributed by atoms with Crippen LogP contribution >= 0.6 is 0 Å². The van der Waals surface area contributed by atoms with Crippen LogP contribution in [0, 0.1) is 0 Å². The quantitative estimate of drug-likeness (QED) is 0.170. The van der Waals surface area contributed by atoms with Gasteiger partial charge < -0.3 is 26.2 Å². The number of nitrogens with one attached hydrogen (secondary N) is 1. The minimum atomic E-state index is -1.95. The molecule has 13 heteroatoms. The summed E-state index contributed by atoms with van der Waals surface area (Å²) in [5, 5.41) is 39.0. The predicted octanol–water partition coefficient (Wildman–Crippen LogP) is 3.42. The number of carboxylic acid groups (broad SMARTS) is 4. The van der Waals surface area contributed by atoms with Crippen LogP contribution < -0.4 is 5.73 Å². The van der Waals surface area contributed by atoms with Crippen molar-refractivity contribution in [1.82, 2.24) is 4.98 Å². The molecule has 2 aromatic rings. The van der Waals surface area contributed by atoms with Crippen LogP contribution in [0.2, 0.25) is 0 Å². The molecule has 7 N–H and O–H groups in total. The van der Waals surface area contributed by atoms with E-state index in [-0.39, 0.29) is 17.0 Å². The summed E-state index contributed by atoms with van der Waals surface area (Å²) in [7, 11) is 0. The van der Waals surface area contributed by atoms with Gasteiger partial charge in [0.05, 0.1) is 22.3 Å². The van der Waals surface area contributed by atoms with E-state index < -0.39 is 51.7 Å². The zero-order valence-corrected chi connectivity index (χ0v) is 24.6. The molecule has 0 radical (unpaired) electrons. The van der Waals surface area contributed by atoms with Crippen LogP contribution in [0.3, 0.4) is 0 Å². The normalized spacial score (nSPS) is 16.3. The van der Waals surface area contributed by atoms with Crippen molar-refractivity contribution in [3.8, 4) is 0 Å². The van der Waals surface area contributed by atoms with Gasteiger partial charge in [-0.25, -0.2) is 19.2 Å². The van der Waals surface area contributed by atoms with Crippen molar-refractivity contribution in [3.63, 3.8) is 0 Å². The summed E-state index contributed by atoms with van der Waals surface area (Å²) in [6.07, 6.45) is 11.6. The Bertz CT molecular complexity index is 1830. The third-order valence-corrected chi connectivity index (χ3v) is 7.00. The van der Waals surface area contributed by atoms with Crippen LogP contribution in [-0.2, 0) is 17.9 Å². The van der Waals surface area contributed by atoms with Gasteiger partial charge in [-0.3, -0.25) is 0 Å². The van der Waals surface area contributed by atoms with Crippen molar-refractivity contribution < 1.29 is 57.5 Å². The molecule has 0 atom stereocenters. The number of allylic oxidation sites excluding steroid dienone is 6. The van der Waals surface area contributed by atoms with E-state index in [4.69, 9.17) is 5.73 Å². The molecule has 0 spiro atoms. The zero-order valence-electron chi connectivity index (χ0n) is 21.7. The van der Waals surface area contributed by atoms with E-state index in [2.05, 4.69) is 21.5 Å². The van der Waals surface area contributed by atoms with E-state index in [0.29, 0.717) is 11.4 Å². The number of aromatic carboxylic acids is 4. The first-order chi connectivity index (χ1) is 19.9. The van der Waals surface area contributed by atoms with Crippen molar-refractivity contribution in [1.29, 1.82) is 0 Å². The van der Waals surface area contributed by atoms with Crippen molar-refractivity contribution >= 4 is 57.6 Å². The third kappa shape index (κ3) is 5.81. The van der Waals surface area contributed by atoms with Gasteiger partial charge in [-0.15, -0.1) is 0 Å². The monoisotopic (exact) mass is 616 g/mol. The second-order valence-corrected chi connectivity index (χ2v) is 9.62. The van der Waals surface area contributed by atoms with Gasteiger partial charge >= 0.3 is 144 Å². The van der Waals surface area contributed by atoms with Crippen molar-refractivity contribution in [2.75, 3.05) is 0 Å². The Kier molecular flexibility index (Phi) is 8.34. The maximum absolute atomic E-state index is 12.3. The summed E-state index contributed by atoms with van der Waals surface area (Å²) in [4.78, 5) is 60.4. The number of H-pyrrole nitrogens is 1. The summed E-state index contributed by atoms with van der Waals surface area (Å²) < 4.78 is 2.01. The molecule has 2 aliphatic rings. The standard InChI is InChI=1S/C29H20N4O8.Zn/c1-3-20(30)22(18-12-19(26(34)35)24(28(38)39)25(29(40)41)23(18)27(36)37)21-9-8-17(33-21)11-16-7-6-15(32-16)10-14-5-4-13(2)31-14;/h2-12,32H,1,30H2,(H,34,35)(H,36,37)(H,38,39)(H,40,41);/b14-10?,17-11?,22-20-;. The Labute approximate surface area is 246 Å². The minimum absolute atomic E-state index is 0.0720. The Hall–Kier alpha value is -5.55. The van der Waals surface area contributed by atoms with Crippen LogP contribution in [0.15, 0.2) is 82.2 Å². The van der Waals surface area contributed by atoms with Crippen molar-refractivity contribution in [2.24, 2.45) is 15.7 Å². The average Bonchev–Trinajstić information content (AvgIpc) is 3.70. The summed E-state index contributed by atoms with van der Waals surface area (Å²) in [5.41, 5.74) is 4.74. The second-order valence-electron chi connectivity index (χ2n) is 8.76. The molecule has 0 saturated heterocycles. The van der Waals surface area contributed by atoms with E-state index in [0.717, 1.165) is 47.1 Å². The van der Waals surface area contributed by atoms with Gasteiger partial charge in [-0.05, 0) is 12.1 Å². The van der Waals surface area contributed by atoms with Gasteiger partial charge in [-0.1, -0.05) is 6.58 Å². The number of hydrogen-bond donors (Lipinski definition) is 6. The van der Waals surface area contributed by atoms with Crippen LogP contribution in [0.4, 0.5) is 0 Å². The fourth-order valence-corrected chi connectivity index (χ4v) is 4.83. The van der Waals surface area contributed by atoms with Gasteiger partial charge in [0.1, 0.15) is 0 Å². The van der Waals surface area contributed by atoms with E-state index in [1.54, 1.807) is 12.2 Å². The Morgan fingerprint density at radius 2 is 1.33 bits per heavy atom. The number of nitrogens with zero attached hydrogens (tertiary/aromatic N) is 2. The number of aliphatic imine (C=N–C) groups is 2. The molecule has 0 amide bonds. The fraction of sp³-hybridized carbons (Fsp3) is 0. The molecule has 1 aromatic carbocycles. The molecule has 3 heterocycles. The molecule has 4 rings (SSSR count). The zero-order chi connectivity index (χ0) is 30.7. The minimum Gasteiger partial charge on any atom is -0.478 e. The third-order valence-electron chi connectivity index (χ3n) is 6.13. The van der Waals surface area contributed by atoms with Crippen LogP contribution in [-0.4, -0.2) is 65.3 Å². The molecule has 0 fully saturated rings. The summed E-state index contributed by atoms with van der Waals surface area (Å²) in [6, 6.07) is 4.42. The molecule has 2 aliphatic heterocycles. The Balaban J connectivity index is 1.84. The SMILES string of the molecule is C=C/C(N)=C(/C1=NC(=Cc2ccc(C=C3C=CC([CH]=[Zn])=N3)[nH]2)C=C1)c1cc(C(=O)O)c(C(=O)O)c(C(=O)O)c1C(=O)O. The van der Waals surface area contributed by atoms with Crippen molar-refractivity contribution in [2.45, 2.75) is 0 Å².